The fraction of sp³-hybridized carbons (Fsp3) is 0.278. The highest BCUT2D eigenvalue weighted by atomic mass is 32.2. The van der Waals surface area contributed by atoms with Crippen LogP contribution in [0, 0.1) is 0 Å². The van der Waals surface area contributed by atoms with E-state index in [1.165, 1.54) is 12.1 Å². The zero-order valence-corrected chi connectivity index (χ0v) is 14.7. The fourth-order valence-electron chi connectivity index (χ4n) is 2.77. The van der Waals surface area contributed by atoms with Crippen molar-refractivity contribution in [2.75, 3.05) is 18.5 Å². The van der Waals surface area contributed by atoms with E-state index in [9.17, 15) is 23.1 Å². The number of amides is 1. The Labute approximate surface area is 153 Å². The summed E-state index contributed by atoms with van der Waals surface area (Å²) in [4.78, 5) is 15.1. The normalized spacial score (nSPS) is 16.5. The first-order valence-corrected chi connectivity index (χ1v) is 8.81. The van der Waals surface area contributed by atoms with Crippen LogP contribution in [-0.4, -0.2) is 30.0 Å². The molecule has 3 rings (SSSR count). The molecular weight excluding hydrogens is 365 g/mol. The molecule has 4 nitrogen and oxygen atoms in total. The van der Waals surface area contributed by atoms with Gasteiger partial charge in [0.1, 0.15) is 5.75 Å². The molecule has 0 aromatic heterocycles. The average Bonchev–Trinajstić information content (AvgIpc) is 2.89. The molecule has 0 bridgehead atoms. The summed E-state index contributed by atoms with van der Waals surface area (Å²) in [5, 5.41) is 12.3. The standard InChI is InChI=1S/C18H17F3N2O2S/c1-23-14-6-5-13(24)10-15(14)26-16(23)7-8-22-17(25)11-3-2-4-12(9-11)18(19,20)21/h2-6,9-10,16,24H,7-8H2,1H3,(H,22,25). The predicted molar refractivity (Wildman–Crippen MR) is 94.5 cm³/mol. The number of nitrogens with one attached hydrogen (secondary N) is 1. The molecule has 0 saturated heterocycles. The monoisotopic (exact) mass is 382 g/mol. The Morgan fingerprint density at radius 1 is 1.27 bits per heavy atom. The van der Waals surface area contributed by atoms with Gasteiger partial charge in [-0.1, -0.05) is 17.8 Å². The molecule has 0 saturated carbocycles. The molecule has 2 aromatic carbocycles. The van der Waals surface area contributed by atoms with E-state index in [4.69, 9.17) is 0 Å². The summed E-state index contributed by atoms with van der Waals surface area (Å²) in [6.45, 7) is 0.330. The van der Waals surface area contributed by atoms with Gasteiger partial charge in [0.05, 0.1) is 16.6 Å². The summed E-state index contributed by atoms with van der Waals surface area (Å²) < 4.78 is 38.2. The van der Waals surface area contributed by atoms with Gasteiger partial charge in [-0.2, -0.15) is 13.2 Å². The summed E-state index contributed by atoms with van der Waals surface area (Å²) in [7, 11) is 1.93. The molecule has 1 unspecified atom stereocenters. The van der Waals surface area contributed by atoms with Gasteiger partial charge in [-0.3, -0.25) is 4.79 Å². The molecule has 26 heavy (non-hydrogen) atoms. The Balaban J connectivity index is 1.57. The van der Waals surface area contributed by atoms with Crippen LogP contribution in [0.25, 0.3) is 0 Å². The quantitative estimate of drug-likeness (QED) is 0.836. The molecule has 1 aliphatic rings. The number of rotatable bonds is 4. The lowest BCUT2D eigenvalue weighted by molar-refractivity contribution is -0.137. The molecule has 1 atom stereocenters. The molecule has 0 radical (unpaired) electrons. The minimum atomic E-state index is -4.48. The van der Waals surface area contributed by atoms with Crippen molar-refractivity contribution in [3.05, 3.63) is 53.6 Å². The Morgan fingerprint density at radius 3 is 2.77 bits per heavy atom. The first-order chi connectivity index (χ1) is 12.3. The highest BCUT2D eigenvalue weighted by Gasteiger charge is 2.31. The number of anilines is 1. The van der Waals surface area contributed by atoms with E-state index >= 15 is 0 Å². The van der Waals surface area contributed by atoms with Crippen LogP contribution in [0.3, 0.4) is 0 Å². The molecular formula is C18H17F3N2O2S. The maximum atomic E-state index is 12.7. The van der Waals surface area contributed by atoms with Crippen LogP contribution < -0.4 is 10.2 Å². The molecule has 2 N–H and O–H groups in total. The number of nitrogens with zero attached hydrogens (tertiary/aromatic N) is 1. The molecule has 0 aliphatic carbocycles. The highest BCUT2D eigenvalue weighted by molar-refractivity contribution is 8.00. The second kappa shape index (κ2) is 7.11. The zero-order valence-electron chi connectivity index (χ0n) is 13.9. The fourth-order valence-corrected chi connectivity index (χ4v) is 4.09. The van der Waals surface area contributed by atoms with E-state index in [1.807, 2.05) is 13.1 Å². The Bertz CT molecular complexity index is 826. The maximum absolute atomic E-state index is 12.7. The second-order valence-electron chi connectivity index (χ2n) is 5.96. The van der Waals surface area contributed by atoms with Gasteiger partial charge in [0.2, 0.25) is 0 Å². The predicted octanol–water partition coefficient (Wildman–Crippen LogP) is 4.10. The summed E-state index contributed by atoms with van der Waals surface area (Å²) in [5.74, 6) is -0.333. The number of phenols is 1. The minimum Gasteiger partial charge on any atom is -0.508 e. The van der Waals surface area contributed by atoms with Gasteiger partial charge in [0.25, 0.3) is 5.91 Å². The van der Waals surface area contributed by atoms with Crippen molar-refractivity contribution >= 4 is 23.4 Å². The van der Waals surface area contributed by atoms with E-state index < -0.39 is 17.6 Å². The third-order valence-corrected chi connectivity index (χ3v) is 5.55. The van der Waals surface area contributed by atoms with E-state index in [-0.39, 0.29) is 16.7 Å². The van der Waals surface area contributed by atoms with Crippen LogP contribution in [0.15, 0.2) is 47.4 Å². The Morgan fingerprint density at radius 2 is 2.04 bits per heavy atom. The number of fused-ring (bicyclic) bond motifs is 1. The van der Waals surface area contributed by atoms with Crippen LogP contribution in [0.2, 0.25) is 0 Å². The number of benzene rings is 2. The number of carbonyl (C=O) groups is 1. The number of carbonyl (C=O) groups excluding carboxylic acids is 1. The molecule has 0 spiro atoms. The lowest BCUT2D eigenvalue weighted by Crippen LogP contribution is -2.31. The van der Waals surface area contributed by atoms with Crippen molar-refractivity contribution in [1.29, 1.82) is 0 Å². The maximum Gasteiger partial charge on any atom is 0.416 e. The highest BCUT2D eigenvalue weighted by Crippen LogP contribution is 2.44. The van der Waals surface area contributed by atoms with E-state index in [1.54, 1.807) is 23.9 Å². The lowest BCUT2D eigenvalue weighted by atomic mass is 10.1. The summed E-state index contributed by atoms with van der Waals surface area (Å²) >= 11 is 1.58. The third kappa shape index (κ3) is 3.90. The minimum absolute atomic E-state index is 0.0135. The summed E-state index contributed by atoms with van der Waals surface area (Å²) in [6.07, 6.45) is -3.86. The largest absolute Gasteiger partial charge is 0.508 e. The first kappa shape index (κ1) is 18.4. The van der Waals surface area contributed by atoms with Gasteiger partial charge in [-0.05, 0) is 42.8 Å². The number of phenolic OH excluding ortho intramolecular Hbond substituents is 1. The first-order valence-electron chi connectivity index (χ1n) is 7.93. The van der Waals surface area contributed by atoms with Crippen LogP contribution >= 0.6 is 11.8 Å². The van der Waals surface area contributed by atoms with Gasteiger partial charge >= 0.3 is 6.18 Å². The number of halogens is 3. The van der Waals surface area contributed by atoms with Gasteiger partial charge in [0, 0.05) is 24.1 Å². The van der Waals surface area contributed by atoms with Gasteiger partial charge in [-0.15, -0.1) is 0 Å². The summed E-state index contributed by atoms with van der Waals surface area (Å²) in [6, 6.07) is 9.52. The van der Waals surface area contributed by atoms with Gasteiger partial charge in [0.15, 0.2) is 0 Å². The second-order valence-corrected chi connectivity index (χ2v) is 7.18. The average molecular weight is 382 g/mol. The van der Waals surface area contributed by atoms with Crippen molar-refractivity contribution < 1.29 is 23.1 Å². The molecule has 2 aromatic rings. The molecule has 138 valence electrons. The Kier molecular flexibility index (Phi) is 5.04. The number of hydrogen-bond donors (Lipinski definition) is 2. The van der Waals surface area contributed by atoms with Crippen LogP contribution in [-0.2, 0) is 6.18 Å². The molecule has 1 heterocycles. The smallest absolute Gasteiger partial charge is 0.416 e. The number of aromatic hydroxyl groups is 1. The lowest BCUT2D eigenvalue weighted by Gasteiger charge is -2.21. The molecule has 1 amide bonds. The van der Waals surface area contributed by atoms with Crippen molar-refractivity contribution in [3.63, 3.8) is 0 Å². The van der Waals surface area contributed by atoms with Crippen LogP contribution in [0.4, 0.5) is 18.9 Å². The SMILES string of the molecule is CN1c2ccc(O)cc2SC1CCNC(=O)c1cccc(C(F)(F)F)c1. The number of alkyl halides is 3. The molecule has 1 aliphatic heterocycles. The van der Waals surface area contributed by atoms with Crippen molar-refractivity contribution in [1.82, 2.24) is 5.32 Å². The van der Waals surface area contributed by atoms with E-state index in [2.05, 4.69) is 10.2 Å². The van der Waals surface area contributed by atoms with Crippen LogP contribution in [0.5, 0.6) is 5.75 Å². The molecule has 8 heteroatoms. The van der Waals surface area contributed by atoms with E-state index in [0.717, 1.165) is 22.7 Å². The summed E-state index contributed by atoms with van der Waals surface area (Å²) in [5.41, 5.74) is 0.147. The van der Waals surface area contributed by atoms with Crippen molar-refractivity contribution in [2.45, 2.75) is 22.9 Å². The van der Waals surface area contributed by atoms with Crippen LogP contribution in [0.1, 0.15) is 22.3 Å². The van der Waals surface area contributed by atoms with Gasteiger partial charge in [-0.25, -0.2) is 0 Å². The van der Waals surface area contributed by atoms with Crippen molar-refractivity contribution in [2.24, 2.45) is 0 Å². The Hall–Kier alpha value is -2.35. The van der Waals surface area contributed by atoms with Gasteiger partial charge < -0.3 is 15.3 Å². The topological polar surface area (TPSA) is 52.6 Å². The van der Waals surface area contributed by atoms with Crippen molar-refractivity contribution in [3.8, 4) is 5.75 Å². The van der Waals surface area contributed by atoms with E-state index in [0.29, 0.717) is 13.0 Å². The molecule has 0 fully saturated rings. The third-order valence-electron chi connectivity index (χ3n) is 4.15. The zero-order chi connectivity index (χ0) is 18.9. The number of hydrogen-bond acceptors (Lipinski definition) is 4. The number of thioether (sulfide) groups is 1.